The number of carboxylic acid groups (broad SMARTS) is 1. The molecule has 5 aromatic rings. The Balaban J connectivity index is 1.08. The van der Waals surface area contributed by atoms with E-state index in [0.29, 0.717) is 115 Å². The number of fused-ring (bicyclic) bond motifs is 2. The van der Waals surface area contributed by atoms with E-state index in [-0.39, 0.29) is 41.7 Å². The molecule has 410 valence electrons. The van der Waals surface area contributed by atoms with Gasteiger partial charge in [-0.3, -0.25) is 4.90 Å². The number of allylic oxidation sites excluding steroid dienone is 6. The number of thiophene rings is 1. The first-order valence-electron chi connectivity index (χ1n) is 26.0. The summed E-state index contributed by atoms with van der Waals surface area (Å²) in [6.07, 6.45) is 12.3. The van der Waals surface area contributed by atoms with E-state index in [9.17, 15) is 14.3 Å². The second-order valence-corrected chi connectivity index (χ2v) is 21.0. The smallest absolute Gasteiger partial charge is 0.345 e. The third kappa shape index (κ3) is 15.2. The molecule has 1 fully saturated rings. The molecule has 0 spiro atoms. The Morgan fingerprint density at radius 1 is 1.00 bits per heavy atom. The van der Waals surface area contributed by atoms with Gasteiger partial charge in [0.1, 0.15) is 47.8 Å². The Labute approximate surface area is 459 Å². The number of likely N-dealkylation sites (N-methyl/N-ethyl adjacent to an activating group) is 1. The number of ether oxygens (including phenoxy) is 8. The molecule has 2 aliphatic heterocycles. The van der Waals surface area contributed by atoms with Crippen LogP contribution in [0, 0.1) is 23.6 Å². The van der Waals surface area contributed by atoms with Crippen molar-refractivity contribution in [1.82, 2.24) is 29.7 Å². The lowest BCUT2D eigenvalue weighted by Crippen LogP contribution is -2.48. The normalized spacial score (nSPS) is 21.8. The summed E-state index contributed by atoms with van der Waals surface area (Å²) in [7, 11) is 3.74. The van der Waals surface area contributed by atoms with E-state index in [0.717, 1.165) is 61.5 Å². The summed E-state index contributed by atoms with van der Waals surface area (Å²) in [6, 6.07) is 13.2. The van der Waals surface area contributed by atoms with Crippen LogP contribution in [0.2, 0.25) is 0 Å². The Morgan fingerprint density at radius 2 is 1.75 bits per heavy atom. The van der Waals surface area contributed by atoms with Crippen molar-refractivity contribution in [3.8, 4) is 40.2 Å². The fourth-order valence-electron chi connectivity index (χ4n) is 9.46. The molecule has 1 aliphatic carbocycles. The van der Waals surface area contributed by atoms with Crippen molar-refractivity contribution in [2.45, 2.75) is 71.7 Å². The number of aromatic nitrogens is 4. The van der Waals surface area contributed by atoms with Crippen molar-refractivity contribution in [2.24, 2.45) is 5.41 Å². The quantitative estimate of drug-likeness (QED) is 0.0577. The maximum absolute atomic E-state index is 14.4. The van der Waals surface area contributed by atoms with Gasteiger partial charge >= 0.3 is 5.97 Å². The van der Waals surface area contributed by atoms with Crippen molar-refractivity contribution < 1.29 is 52.2 Å². The Kier molecular flexibility index (Phi) is 20.4. The highest BCUT2D eigenvalue weighted by molar-refractivity contribution is 7.22. The maximum Gasteiger partial charge on any atom is 0.345 e. The molecule has 2 bridgehead atoms. The SMILES string of the molecule is C#C/C1=C(Cl)\C(C)=C(/CC)c2c(-c3ccc(F)cc3)sc3ncnc(c23)O[C@@H](C(=O)O)Cc2cc(ccc2OCc2ccnc(C3=CC[C@@](C)(COCCOCCOCCOC)CC3)n2)OC[C@@H](CN2CCN(C)CC2)O1. The molecule has 1 saturated heterocycles. The molecule has 0 amide bonds. The predicted octanol–water partition coefficient (Wildman–Crippen LogP) is 9.50. The molecule has 0 radical (unpaired) electrons. The number of halogens is 2. The number of hydrogen-bond donors (Lipinski definition) is 1. The third-order valence-electron chi connectivity index (χ3n) is 13.9. The average molecular weight is 1100 g/mol. The summed E-state index contributed by atoms with van der Waals surface area (Å²) in [5.74, 6) is 2.75. The molecule has 19 heteroatoms. The van der Waals surface area contributed by atoms with Crippen LogP contribution < -0.4 is 14.2 Å². The van der Waals surface area contributed by atoms with Gasteiger partial charge in [-0.1, -0.05) is 43.7 Å². The monoisotopic (exact) mass is 1090 g/mol. The number of nitrogens with zero attached hydrogens (tertiary/aromatic N) is 6. The number of terminal acetylenes is 1. The van der Waals surface area contributed by atoms with Crippen LogP contribution in [0.5, 0.6) is 17.4 Å². The Morgan fingerprint density at radius 3 is 2.45 bits per heavy atom. The molecule has 3 aliphatic rings. The molecule has 1 N–H and O–H groups in total. The van der Waals surface area contributed by atoms with Gasteiger partial charge in [-0.25, -0.2) is 29.1 Å². The van der Waals surface area contributed by atoms with Crippen LogP contribution in [0.15, 0.2) is 83.5 Å². The van der Waals surface area contributed by atoms with E-state index in [4.69, 9.17) is 60.9 Å². The minimum absolute atomic E-state index is 0.0348. The summed E-state index contributed by atoms with van der Waals surface area (Å²) >= 11 is 8.67. The van der Waals surface area contributed by atoms with Crippen LogP contribution in [0.25, 0.3) is 31.8 Å². The number of benzene rings is 2. The van der Waals surface area contributed by atoms with Crippen molar-refractivity contribution in [2.75, 3.05) is 99.7 Å². The standard InChI is InChI=1S/C58H68ClFN6O10S/c1-7-46-38(3)52(59)47(8-2)75-45(33-66-23-21-65(5)22-24-66)35-73-44-13-14-48(41(31-44)32-49(57(67)68)76-55-51-50(46)53(77-56(51)63-37-62-55)39-9-11-42(60)12-10-39)74-34-43-17-20-61-54(64-43)40-15-18-58(4,19-16-40)36-72-30-29-71-28-27-70-26-25-69-6/h2,9-15,17,20,31,37,45,49H,7,16,18-19,21-30,32-36H2,1,3-6H3,(H,67,68)/b46-38+,52-47-/t45-,49-,58-/m1/s1. The molecule has 16 nitrogen and oxygen atoms in total. The number of aliphatic carboxylic acids is 1. The summed E-state index contributed by atoms with van der Waals surface area (Å²) < 4.78 is 62.8. The van der Waals surface area contributed by atoms with E-state index in [1.54, 1.807) is 49.7 Å². The molecule has 8 rings (SSSR count). The number of rotatable bonds is 20. The van der Waals surface area contributed by atoms with Crippen LogP contribution >= 0.6 is 22.9 Å². The molecule has 2 aromatic carbocycles. The molecule has 3 aromatic heterocycles. The highest BCUT2D eigenvalue weighted by Gasteiger charge is 2.31. The summed E-state index contributed by atoms with van der Waals surface area (Å²) in [4.78, 5) is 38.0. The fourth-order valence-corrected chi connectivity index (χ4v) is 10.8. The summed E-state index contributed by atoms with van der Waals surface area (Å²) in [5, 5.41) is 11.6. The molecule has 0 unspecified atom stereocenters. The van der Waals surface area contributed by atoms with Crippen LogP contribution in [0.4, 0.5) is 4.39 Å². The Hall–Kier alpha value is -6.01. The van der Waals surface area contributed by atoms with Gasteiger partial charge in [-0.2, -0.15) is 0 Å². The van der Waals surface area contributed by atoms with Gasteiger partial charge in [-0.15, -0.1) is 17.8 Å². The first-order valence-corrected chi connectivity index (χ1v) is 27.2. The van der Waals surface area contributed by atoms with Crippen molar-refractivity contribution in [3.63, 3.8) is 0 Å². The predicted molar refractivity (Wildman–Crippen MR) is 295 cm³/mol. The van der Waals surface area contributed by atoms with E-state index >= 15 is 0 Å². The van der Waals surface area contributed by atoms with Gasteiger partial charge in [0.25, 0.3) is 0 Å². The van der Waals surface area contributed by atoms with Crippen LogP contribution in [0.3, 0.4) is 0 Å². The fraction of sp³-hybridized carbons (Fsp3) is 0.466. The highest BCUT2D eigenvalue weighted by atomic mass is 35.5. The molecule has 3 atom stereocenters. The van der Waals surface area contributed by atoms with E-state index in [2.05, 4.69) is 50.7 Å². The van der Waals surface area contributed by atoms with E-state index in [1.165, 1.54) is 29.8 Å². The lowest BCUT2D eigenvalue weighted by Gasteiger charge is -2.34. The van der Waals surface area contributed by atoms with Gasteiger partial charge in [0.05, 0.1) is 62.4 Å². The number of hydrogen-bond acceptors (Lipinski definition) is 16. The van der Waals surface area contributed by atoms with Gasteiger partial charge in [-0.05, 0) is 110 Å². The van der Waals surface area contributed by atoms with Gasteiger partial charge < -0.3 is 47.9 Å². The second kappa shape index (κ2) is 27.5. The first kappa shape index (κ1) is 57.2. The second-order valence-electron chi connectivity index (χ2n) is 19.7. The van der Waals surface area contributed by atoms with Crippen molar-refractivity contribution in [1.29, 1.82) is 0 Å². The molecular formula is C58H68ClFN6O10S. The topological polar surface area (TPSA) is 169 Å². The van der Waals surface area contributed by atoms with Gasteiger partial charge in [0, 0.05) is 68.5 Å². The average Bonchev–Trinajstić information content (AvgIpc) is 3.84. The molecule has 0 saturated carbocycles. The number of piperazine rings is 1. The summed E-state index contributed by atoms with van der Waals surface area (Å²) in [6.45, 7) is 13.9. The third-order valence-corrected chi connectivity index (χ3v) is 15.5. The summed E-state index contributed by atoms with van der Waals surface area (Å²) in [5.41, 5.74) is 4.90. The van der Waals surface area contributed by atoms with Crippen LogP contribution in [-0.2, 0) is 41.5 Å². The maximum atomic E-state index is 14.4. The minimum atomic E-state index is -1.46. The molecule has 77 heavy (non-hydrogen) atoms. The minimum Gasteiger partial charge on any atom is -0.490 e. The highest BCUT2D eigenvalue weighted by Crippen LogP contribution is 2.48. The van der Waals surface area contributed by atoms with Gasteiger partial charge in [0.15, 0.2) is 11.6 Å². The largest absolute Gasteiger partial charge is 0.490 e. The number of carboxylic acids is 1. The molecular weight excluding hydrogens is 1030 g/mol. The van der Waals surface area contributed by atoms with Crippen molar-refractivity contribution in [3.05, 3.63) is 112 Å². The van der Waals surface area contributed by atoms with Gasteiger partial charge in [0.2, 0.25) is 12.0 Å². The number of methoxy groups -OCH3 is 1. The first-order chi connectivity index (χ1) is 37.3. The zero-order chi connectivity index (χ0) is 54.3. The van der Waals surface area contributed by atoms with Crippen LogP contribution in [-0.4, -0.2) is 153 Å². The van der Waals surface area contributed by atoms with E-state index < -0.39 is 24.0 Å². The van der Waals surface area contributed by atoms with Crippen LogP contribution in [0.1, 0.15) is 69.1 Å². The molecule has 5 heterocycles. The Bertz CT molecular complexity index is 2960. The van der Waals surface area contributed by atoms with Crippen molar-refractivity contribution >= 4 is 50.3 Å². The zero-order valence-electron chi connectivity index (χ0n) is 44.5. The lowest BCUT2D eigenvalue weighted by atomic mass is 9.77. The van der Waals surface area contributed by atoms with E-state index in [1.807, 2.05) is 13.8 Å². The zero-order valence-corrected chi connectivity index (χ0v) is 46.1. The lowest BCUT2D eigenvalue weighted by molar-refractivity contribution is -0.145. The number of carbonyl (C=O) groups is 1.